The van der Waals surface area contributed by atoms with Crippen molar-refractivity contribution in [3.63, 3.8) is 0 Å². The van der Waals surface area contributed by atoms with E-state index in [1.807, 2.05) is 24.7 Å². The Labute approximate surface area is 103 Å². The molecule has 0 spiro atoms. The van der Waals surface area contributed by atoms with Gasteiger partial charge in [0.25, 0.3) is 0 Å². The second kappa shape index (κ2) is 5.54. The van der Waals surface area contributed by atoms with Gasteiger partial charge in [-0.2, -0.15) is 5.10 Å². The van der Waals surface area contributed by atoms with Crippen molar-refractivity contribution in [1.82, 2.24) is 15.1 Å². The van der Waals surface area contributed by atoms with E-state index in [0.717, 1.165) is 24.9 Å². The van der Waals surface area contributed by atoms with Crippen LogP contribution >= 0.6 is 0 Å². The molecule has 4 nitrogen and oxygen atoms in total. The van der Waals surface area contributed by atoms with E-state index >= 15 is 0 Å². The predicted octanol–water partition coefficient (Wildman–Crippen LogP) is 2.06. The van der Waals surface area contributed by atoms with Gasteiger partial charge in [0.1, 0.15) is 0 Å². The molecule has 0 bridgehead atoms. The van der Waals surface area contributed by atoms with E-state index in [-0.39, 0.29) is 6.10 Å². The van der Waals surface area contributed by atoms with Gasteiger partial charge in [-0.1, -0.05) is 6.92 Å². The maximum absolute atomic E-state index is 5.59. The monoisotopic (exact) mass is 237 g/mol. The molecular formula is C13H23N3O. The lowest BCUT2D eigenvalue weighted by molar-refractivity contribution is 0.242. The second-order valence-corrected chi connectivity index (χ2v) is 5.35. The summed E-state index contributed by atoms with van der Waals surface area (Å²) in [6, 6.07) is 0.787. The van der Waals surface area contributed by atoms with Crippen LogP contribution in [0.2, 0.25) is 0 Å². The number of ether oxygens (including phenoxy) is 1. The molecule has 0 saturated heterocycles. The first-order chi connectivity index (χ1) is 8.13. The molecule has 0 amide bonds. The third-order valence-corrected chi connectivity index (χ3v) is 2.81. The normalized spacial score (nSPS) is 17.4. The summed E-state index contributed by atoms with van der Waals surface area (Å²) in [5.74, 6) is 1.46. The highest BCUT2D eigenvalue weighted by Crippen LogP contribution is 2.19. The molecule has 2 rings (SSSR count). The molecule has 1 unspecified atom stereocenters. The van der Waals surface area contributed by atoms with Crippen LogP contribution in [0.25, 0.3) is 0 Å². The molecule has 1 N–H and O–H groups in total. The van der Waals surface area contributed by atoms with Crippen LogP contribution in [-0.4, -0.2) is 28.5 Å². The number of rotatable bonds is 7. The van der Waals surface area contributed by atoms with Crippen molar-refractivity contribution in [2.75, 3.05) is 6.54 Å². The highest BCUT2D eigenvalue weighted by molar-refractivity contribution is 5.11. The molecule has 4 heteroatoms. The molecular weight excluding hydrogens is 214 g/mol. The van der Waals surface area contributed by atoms with Gasteiger partial charge < -0.3 is 10.1 Å². The first-order valence-corrected chi connectivity index (χ1v) is 6.56. The van der Waals surface area contributed by atoms with Gasteiger partial charge in [0, 0.05) is 12.6 Å². The number of nitrogens with zero attached hydrogens (tertiary/aromatic N) is 2. The quantitative estimate of drug-likeness (QED) is 0.789. The predicted molar refractivity (Wildman–Crippen MR) is 68.2 cm³/mol. The maximum Gasteiger partial charge on any atom is 0.157 e. The fourth-order valence-electron chi connectivity index (χ4n) is 1.82. The zero-order chi connectivity index (χ0) is 12.3. The van der Waals surface area contributed by atoms with Crippen LogP contribution in [0.1, 0.15) is 33.6 Å². The van der Waals surface area contributed by atoms with Crippen LogP contribution in [0.5, 0.6) is 5.75 Å². The minimum absolute atomic E-state index is 0.210. The molecule has 1 aromatic rings. The van der Waals surface area contributed by atoms with Gasteiger partial charge >= 0.3 is 0 Å². The van der Waals surface area contributed by atoms with E-state index in [4.69, 9.17) is 4.74 Å². The molecule has 1 aliphatic carbocycles. The zero-order valence-corrected chi connectivity index (χ0v) is 11.0. The van der Waals surface area contributed by atoms with Crippen LogP contribution in [0.15, 0.2) is 12.4 Å². The molecule has 1 fully saturated rings. The topological polar surface area (TPSA) is 39.1 Å². The number of hydrogen-bond donors (Lipinski definition) is 1. The van der Waals surface area contributed by atoms with Crippen molar-refractivity contribution in [2.45, 2.75) is 52.3 Å². The second-order valence-electron chi connectivity index (χ2n) is 5.35. The Balaban J connectivity index is 1.74. The van der Waals surface area contributed by atoms with Crippen molar-refractivity contribution >= 4 is 0 Å². The number of aromatic nitrogens is 2. The van der Waals surface area contributed by atoms with Crippen molar-refractivity contribution in [2.24, 2.45) is 5.92 Å². The van der Waals surface area contributed by atoms with Crippen molar-refractivity contribution < 1.29 is 4.74 Å². The van der Waals surface area contributed by atoms with Crippen molar-refractivity contribution in [3.05, 3.63) is 12.4 Å². The average Bonchev–Trinajstić information content (AvgIpc) is 2.98. The molecule has 1 heterocycles. The number of nitrogens with one attached hydrogen (secondary N) is 1. The molecule has 1 aromatic heterocycles. The smallest absolute Gasteiger partial charge is 0.157 e. The molecule has 0 aromatic carbocycles. The lowest BCUT2D eigenvalue weighted by Gasteiger charge is -2.12. The molecule has 0 aliphatic heterocycles. The minimum atomic E-state index is 0.210. The summed E-state index contributed by atoms with van der Waals surface area (Å²) in [5.41, 5.74) is 0. The van der Waals surface area contributed by atoms with E-state index in [1.54, 1.807) is 6.20 Å². The van der Waals surface area contributed by atoms with E-state index in [0.29, 0.717) is 5.92 Å². The summed E-state index contributed by atoms with van der Waals surface area (Å²) in [4.78, 5) is 0. The lowest BCUT2D eigenvalue weighted by atomic mass is 10.2. The highest BCUT2D eigenvalue weighted by atomic mass is 16.5. The largest absolute Gasteiger partial charge is 0.488 e. The van der Waals surface area contributed by atoms with Gasteiger partial charge in [0.05, 0.1) is 18.5 Å². The fraction of sp³-hybridized carbons (Fsp3) is 0.769. The Hall–Kier alpha value is -1.03. The first-order valence-electron chi connectivity index (χ1n) is 6.56. The molecule has 1 saturated carbocycles. The van der Waals surface area contributed by atoms with Crippen LogP contribution in [0.4, 0.5) is 0 Å². The van der Waals surface area contributed by atoms with Crippen LogP contribution in [-0.2, 0) is 6.54 Å². The number of hydrogen-bond acceptors (Lipinski definition) is 3. The standard InChI is InChI=1S/C13H23N3O/c1-10(2)17-13-7-15-16(9-13)8-11(3)6-14-12-4-5-12/h7,9-12,14H,4-6,8H2,1-3H3. The molecule has 17 heavy (non-hydrogen) atoms. The Kier molecular flexibility index (Phi) is 4.05. The van der Waals surface area contributed by atoms with Gasteiger partial charge in [-0.3, -0.25) is 4.68 Å². The Morgan fingerprint density at radius 1 is 1.47 bits per heavy atom. The summed E-state index contributed by atoms with van der Waals surface area (Å²) >= 11 is 0. The summed E-state index contributed by atoms with van der Waals surface area (Å²) in [7, 11) is 0. The molecule has 0 radical (unpaired) electrons. The van der Waals surface area contributed by atoms with Crippen molar-refractivity contribution in [1.29, 1.82) is 0 Å². The summed E-state index contributed by atoms with van der Waals surface area (Å²) in [5, 5.41) is 7.86. The van der Waals surface area contributed by atoms with Crippen LogP contribution in [0.3, 0.4) is 0 Å². The Morgan fingerprint density at radius 3 is 2.88 bits per heavy atom. The lowest BCUT2D eigenvalue weighted by Crippen LogP contribution is -2.25. The summed E-state index contributed by atoms with van der Waals surface area (Å²) in [6.07, 6.45) is 6.68. The fourth-order valence-corrected chi connectivity index (χ4v) is 1.82. The minimum Gasteiger partial charge on any atom is -0.488 e. The highest BCUT2D eigenvalue weighted by Gasteiger charge is 2.20. The van der Waals surface area contributed by atoms with Crippen LogP contribution < -0.4 is 10.1 Å². The van der Waals surface area contributed by atoms with E-state index in [9.17, 15) is 0 Å². The van der Waals surface area contributed by atoms with Crippen molar-refractivity contribution in [3.8, 4) is 5.75 Å². The van der Waals surface area contributed by atoms with Gasteiger partial charge in [0.15, 0.2) is 5.75 Å². The van der Waals surface area contributed by atoms with E-state index in [1.165, 1.54) is 12.8 Å². The molecule has 96 valence electrons. The third-order valence-electron chi connectivity index (χ3n) is 2.81. The third kappa shape index (κ3) is 4.38. The van der Waals surface area contributed by atoms with Gasteiger partial charge in [0.2, 0.25) is 0 Å². The van der Waals surface area contributed by atoms with E-state index < -0.39 is 0 Å². The first kappa shape index (κ1) is 12.4. The summed E-state index contributed by atoms with van der Waals surface area (Å²) in [6.45, 7) is 8.32. The summed E-state index contributed by atoms with van der Waals surface area (Å²) < 4.78 is 7.55. The Bertz CT molecular complexity index is 344. The Morgan fingerprint density at radius 2 is 2.24 bits per heavy atom. The SMILES string of the molecule is CC(CNC1CC1)Cn1cc(OC(C)C)cn1. The van der Waals surface area contributed by atoms with E-state index in [2.05, 4.69) is 17.3 Å². The van der Waals surface area contributed by atoms with Gasteiger partial charge in [-0.05, 0) is 39.2 Å². The molecule has 1 atom stereocenters. The van der Waals surface area contributed by atoms with Gasteiger partial charge in [-0.25, -0.2) is 0 Å². The maximum atomic E-state index is 5.59. The average molecular weight is 237 g/mol. The zero-order valence-electron chi connectivity index (χ0n) is 11.0. The van der Waals surface area contributed by atoms with Crippen LogP contribution in [0, 0.1) is 5.92 Å². The molecule has 1 aliphatic rings. The van der Waals surface area contributed by atoms with Gasteiger partial charge in [-0.15, -0.1) is 0 Å².